The van der Waals surface area contributed by atoms with Crippen LogP contribution in [0.5, 0.6) is 0 Å². The van der Waals surface area contributed by atoms with Gasteiger partial charge in [-0.05, 0) is 84.3 Å². The molecule has 0 aliphatic carbocycles. The normalized spacial score (nSPS) is 11.5. The van der Waals surface area contributed by atoms with Gasteiger partial charge in [0.25, 0.3) is 0 Å². The summed E-state index contributed by atoms with van der Waals surface area (Å²) in [6.07, 6.45) is 22.3. The summed E-state index contributed by atoms with van der Waals surface area (Å²) in [4.78, 5) is 8.90. The number of aliphatic carboxylic acids is 1. The number of nitrogens with zero attached hydrogens (tertiary/aromatic N) is 1. The van der Waals surface area contributed by atoms with Crippen molar-refractivity contribution in [2.75, 3.05) is 52.4 Å². The van der Waals surface area contributed by atoms with Crippen molar-refractivity contribution >= 4 is 18.1 Å². The molecule has 0 aromatic rings. The number of nitrogens with one attached hydrogen (secondary N) is 6. The standard InChI is InChI=1S/C30H66N8.C2HF3O2/c1-2-3-4-5-6-7-8-9-10-11-12-13-14-15-21-33-24-18-25-34-22-16-17-23-35-26-19-27-36-28-20-29-37-38-30(31)32;3-2(4,5)1(6)7/h29,33-36H,2-28H2,1H3,(H4,31,32,38);(H,6,7)/b37-29+;. The monoisotopic (exact) mass is 653 g/mol. The van der Waals surface area contributed by atoms with Crippen LogP contribution in [0.3, 0.4) is 0 Å². The lowest BCUT2D eigenvalue weighted by molar-refractivity contribution is -0.192. The zero-order valence-corrected chi connectivity index (χ0v) is 28.2. The summed E-state index contributed by atoms with van der Waals surface area (Å²) in [5.74, 6) is -2.89. The number of unbranched alkanes of at least 4 members (excludes halogenated alkanes) is 14. The molecule has 0 rings (SSSR count). The Morgan fingerprint density at radius 3 is 1.31 bits per heavy atom. The number of guanidine groups is 1. The van der Waals surface area contributed by atoms with Gasteiger partial charge in [0.1, 0.15) is 0 Å². The predicted octanol–water partition coefficient (Wildman–Crippen LogP) is 5.88. The first kappa shape index (κ1) is 45.2. The van der Waals surface area contributed by atoms with E-state index in [9.17, 15) is 13.2 Å². The van der Waals surface area contributed by atoms with Crippen LogP contribution in [0.1, 0.15) is 129 Å². The fourth-order valence-corrected chi connectivity index (χ4v) is 4.47. The molecule has 0 saturated heterocycles. The first-order valence-corrected chi connectivity index (χ1v) is 17.5. The lowest BCUT2D eigenvalue weighted by Gasteiger charge is -2.08. The van der Waals surface area contributed by atoms with Crippen molar-refractivity contribution in [1.29, 1.82) is 5.41 Å². The summed E-state index contributed by atoms with van der Waals surface area (Å²) >= 11 is 0. The number of hydrogen-bond acceptors (Lipinski definition) is 7. The first-order valence-electron chi connectivity index (χ1n) is 17.5. The first-order chi connectivity index (χ1) is 21.7. The van der Waals surface area contributed by atoms with Crippen molar-refractivity contribution in [3.8, 4) is 0 Å². The second-order valence-electron chi connectivity index (χ2n) is 11.4. The molecule has 0 saturated carbocycles. The van der Waals surface area contributed by atoms with Crippen LogP contribution in [0, 0.1) is 5.41 Å². The van der Waals surface area contributed by atoms with E-state index in [4.69, 9.17) is 21.0 Å². The van der Waals surface area contributed by atoms with Gasteiger partial charge in [0.15, 0.2) is 0 Å². The van der Waals surface area contributed by atoms with E-state index < -0.39 is 12.1 Å². The van der Waals surface area contributed by atoms with E-state index in [-0.39, 0.29) is 5.96 Å². The Hall–Kier alpha value is -1.96. The lowest BCUT2D eigenvalue weighted by Crippen LogP contribution is -2.26. The molecule has 10 nitrogen and oxygen atoms in total. The fraction of sp³-hybridized carbons (Fsp3) is 0.906. The van der Waals surface area contributed by atoms with E-state index in [0.717, 1.165) is 58.7 Å². The van der Waals surface area contributed by atoms with Crippen molar-refractivity contribution in [3.05, 3.63) is 0 Å². The Morgan fingerprint density at radius 2 is 0.956 bits per heavy atom. The Kier molecular flexibility index (Phi) is 36.6. The molecule has 0 amide bonds. The Morgan fingerprint density at radius 1 is 0.644 bits per heavy atom. The van der Waals surface area contributed by atoms with E-state index in [1.165, 1.54) is 116 Å². The van der Waals surface area contributed by atoms with Crippen LogP contribution in [-0.4, -0.2) is 81.8 Å². The molecule has 45 heavy (non-hydrogen) atoms. The molecular weight excluding hydrogens is 585 g/mol. The topological polar surface area (TPSA) is 160 Å². The predicted molar refractivity (Wildman–Crippen MR) is 182 cm³/mol. The third-order valence-electron chi connectivity index (χ3n) is 7.05. The smallest absolute Gasteiger partial charge is 0.475 e. The Bertz CT molecular complexity index is 671. The molecule has 0 unspecified atom stereocenters. The number of carboxylic acids is 1. The molecule has 0 heterocycles. The van der Waals surface area contributed by atoms with E-state index in [1.54, 1.807) is 6.21 Å². The SMILES string of the molecule is CCCCCCCCCCCCCCCCNCCCNCCCCNCCCNCC/C=N/NC(=N)N.O=C(O)C(F)(F)F. The second-order valence-corrected chi connectivity index (χ2v) is 11.4. The minimum Gasteiger partial charge on any atom is -0.475 e. The summed E-state index contributed by atoms with van der Waals surface area (Å²) in [5, 5.41) is 32.0. The van der Waals surface area contributed by atoms with Gasteiger partial charge in [0, 0.05) is 12.8 Å². The summed E-state index contributed by atoms with van der Waals surface area (Å²) < 4.78 is 31.7. The highest BCUT2D eigenvalue weighted by molar-refractivity contribution is 5.75. The quantitative estimate of drug-likeness (QED) is 0.0194. The number of alkyl halides is 3. The Labute approximate surface area is 271 Å². The molecule has 0 aliphatic heterocycles. The highest BCUT2D eigenvalue weighted by Gasteiger charge is 2.38. The van der Waals surface area contributed by atoms with Crippen molar-refractivity contribution in [2.24, 2.45) is 10.8 Å². The zero-order chi connectivity index (χ0) is 33.7. The molecule has 9 N–H and O–H groups in total. The average molecular weight is 653 g/mol. The van der Waals surface area contributed by atoms with Crippen molar-refractivity contribution < 1.29 is 23.1 Å². The molecule has 0 radical (unpaired) electrons. The number of hydrazone groups is 1. The summed E-state index contributed by atoms with van der Waals surface area (Å²) in [6, 6.07) is 0. The summed E-state index contributed by atoms with van der Waals surface area (Å²) in [5.41, 5.74) is 7.54. The van der Waals surface area contributed by atoms with E-state index in [2.05, 4.69) is 38.7 Å². The molecule has 0 bridgehead atoms. The van der Waals surface area contributed by atoms with Crippen LogP contribution in [0.2, 0.25) is 0 Å². The largest absolute Gasteiger partial charge is 0.490 e. The van der Waals surface area contributed by atoms with Crippen molar-refractivity contribution in [2.45, 2.75) is 135 Å². The fourth-order valence-electron chi connectivity index (χ4n) is 4.47. The van der Waals surface area contributed by atoms with Gasteiger partial charge in [-0.25, -0.2) is 10.2 Å². The van der Waals surface area contributed by atoms with Crippen LogP contribution in [0.15, 0.2) is 5.10 Å². The second kappa shape index (κ2) is 36.5. The van der Waals surface area contributed by atoms with E-state index in [1.807, 2.05) is 0 Å². The zero-order valence-electron chi connectivity index (χ0n) is 28.2. The molecule has 268 valence electrons. The van der Waals surface area contributed by atoms with Gasteiger partial charge in [-0.15, -0.1) is 0 Å². The van der Waals surface area contributed by atoms with Crippen LogP contribution in [-0.2, 0) is 4.79 Å². The van der Waals surface area contributed by atoms with Gasteiger partial charge in [-0.3, -0.25) is 5.41 Å². The van der Waals surface area contributed by atoms with Gasteiger partial charge >= 0.3 is 12.1 Å². The van der Waals surface area contributed by atoms with E-state index >= 15 is 0 Å². The highest BCUT2D eigenvalue weighted by atomic mass is 19.4. The van der Waals surface area contributed by atoms with Crippen LogP contribution in [0.4, 0.5) is 13.2 Å². The van der Waals surface area contributed by atoms with Gasteiger partial charge < -0.3 is 32.1 Å². The van der Waals surface area contributed by atoms with Crippen molar-refractivity contribution in [3.63, 3.8) is 0 Å². The maximum atomic E-state index is 10.6. The molecule has 0 aromatic carbocycles. The summed E-state index contributed by atoms with van der Waals surface area (Å²) in [6.45, 7) is 10.9. The number of hydrogen-bond donors (Lipinski definition) is 8. The summed E-state index contributed by atoms with van der Waals surface area (Å²) in [7, 11) is 0. The van der Waals surface area contributed by atoms with Gasteiger partial charge in [0.05, 0.1) is 0 Å². The number of rotatable bonds is 32. The molecule has 0 atom stereocenters. The van der Waals surface area contributed by atoms with Crippen molar-refractivity contribution in [1.82, 2.24) is 26.7 Å². The third-order valence-corrected chi connectivity index (χ3v) is 7.05. The minimum absolute atomic E-state index is 0.130. The van der Waals surface area contributed by atoms with Gasteiger partial charge in [0.2, 0.25) is 5.96 Å². The van der Waals surface area contributed by atoms with Crippen LogP contribution >= 0.6 is 0 Å². The van der Waals surface area contributed by atoms with Crippen LogP contribution < -0.4 is 32.4 Å². The van der Waals surface area contributed by atoms with E-state index in [0.29, 0.717) is 0 Å². The lowest BCUT2D eigenvalue weighted by atomic mass is 10.0. The number of halogens is 3. The number of nitrogens with two attached hydrogens (primary N) is 1. The highest BCUT2D eigenvalue weighted by Crippen LogP contribution is 2.13. The van der Waals surface area contributed by atoms with Crippen LogP contribution in [0.25, 0.3) is 0 Å². The third kappa shape index (κ3) is 44.2. The molecule has 0 aromatic heterocycles. The number of carbonyl (C=O) groups is 1. The average Bonchev–Trinajstić information content (AvgIpc) is 2.99. The van der Waals surface area contributed by atoms with Gasteiger partial charge in [-0.2, -0.15) is 18.3 Å². The minimum atomic E-state index is -5.08. The molecular formula is C32H67F3N8O2. The molecule has 0 fully saturated rings. The van der Waals surface area contributed by atoms with Gasteiger partial charge in [-0.1, -0.05) is 90.4 Å². The molecule has 13 heteroatoms. The maximum Gasteiger partial charge on any atom is 0.490 e. The Balaban J connectivity index is 0. The molecule has 0 aliphatic rings. The number of carboxylic acid groups (broad SMARTS) is 1. The molecule has 0 spiro atoms. The maximum absolute atomic E-state index is 10.6.